The first-order valence-corrected chi connectivity index (χ1v) is 7.80. The molecule has 0 aliphatic carbocycles. The van der Waals surface area contributed by atoms with Gasteiger partial charge in [0.25, 0.3) is 0 Å². The first-order chi connectivity index (χ1) is 8.61. The molecule has 0 aliphatic rings. The Morgan fingerprint density at radius 1 is 1.39 bits per heavy atom. The molecule has 2 nitrogen and oxygen atoms in total. The molecule has 18 heavy (non-hydrogen) atoms. The summed E-state index contributed by atoms with van der Waals surface area (Å²) in [5.41, 5.74) is 1.13. The van der Waals surface area contributed by atoms with Crippen LogP contribution in [0.2, 0.25) is 5.02 Å². The zero-order valence-corrected chi connectivity index (χ0v) is 14.2. The second-order valence-corrected chi connectivity index (χ2v) is 6.18. The number of rotatable bonds is 4. The summed E-state index contributed by atoms with van der Waals surface area (Å²) in [6.07, 6.45) is 0. The van der Waals surface area contributed by atoms with Crippen LogP contribution >= 0.6 is 50.1 Å². The Labute approximate surface area is 133 Å². The van der Waals surface area contributed by atoms with E-state index >= 15 is 0 Å². The molecule has 1 N–H and O–H groups in total. The van der Waals surface area contributed by atoms with E-state index in [9.17, 15) is 0 Å². The van der Waals surface area contributed by atoms with Crippen LogP contribution in [-0.2, 0) is 0 Å². The largest absolute Gasteiger partial charge is 0.452 e. The predicted octanol–water partition coefficient (Wildman–Crippen LogP) is 5.00. The molecule has 0 bridgehead atoms. The Hall–Kier alpha value is -0.0400. The van der Waals surface area contributed by atoms with Gasteiger partial charge in [0, 0.05) is 8.59 Å². The van der Waals surface area contributed by atoms with E-state index < -0.39 is 0 Å². The molecule has 0 saturated carbocycles. The molecular weight excluding hydrogens is 428 g/mol. The van der Waals surface area contributed by atoms with Crippen molar-refractivity contribution in [1.29, 1.82) is 0 Å². The van der Waals surface area contributed by atoms with E-state index in [0.29, 0.717) is 0 Å². The molecule has 2 aromatic rings. The fraction of sp³-hybridized carbons (Fsp3) is 0.231. The van der Waals surface area contributed by atoms with Gasteiger partial charge in [-0.15, -0.1) is 0 Å². The van der Waals surface area contributed by atoms with Crippen LogP contribution in [0.15, 0.2) is 39.4 Å². The minimum absolute atomic E-state index is 0.0203. The summed E-state index contributed by atoms with van der Waals surface area (Å²) in [7, 11) is 0. The van der Waals surface area contributed by atoms with Gasteiger partial charge in [0.15, 0.2) is 4.67 Å². The van der Waals surface area contributed by atoms with Crippen molar-refractivity contribution in [2.75, 3.05) is 6.54 Å². The van der Waals surface area contributed by atoms with Crippen LogP contribution in [-0.4, -0.2) is 6.54 Å². The predicted molar refractivity (Wildman–Crippen MR) is 86.1 cm³/mol. The topological polar surface area (TPSA) is 25.2 Å². The molecule has 1 aromatic heterocycles. The van der Waals surface area contributed by atoms with Gasteiger partial charge in [0.05, 0.1) is 6.04 Å². The monoisotopic (exact) mass is 439 g/mol. The van der Waals surface area contributed by atoms with Gasteiger partial charge >= 0.3 is 0 Å². The van der Waals surface area contributed by atoms with Gasteiger partial charge < -0.3 is 9.73 Å². The van der Waals surface area contributed by atoms with Crippen molar-refractivity contribution in [3.63, 3.8) is 0 Å². The van der Waals surface area contributed by atoms with Crippen LogP contribution in [0.4, 0.5) is 0 Å². The molecule has 0 fully saturated rings. The normalized spacial score (nSPS) is 12.7. The molecule has 1 heterocycles. The molecular formula is C13H12BrClINO. The van der Waals surface area contributed by atoms with E-state index in [-0.39, 0.29) is 6.04 Å². The molecule has 2 rings (SSSR count). The SMILES string of the molecule is CCNC(c1ccc(Br)o1)c1cc(Cl)ccc1I. The van der Waals surface area contributed by atoms with Crippen LogP contribution in [0.5, 0.6) is 0 Å². The quantitative estimate of drug-likeness (QED) is 0.677. The Morgan fingerprint density at radius 3 is 2.78 bits per heavy atom. The lowest BCUT2D eigenvalue weighted by Crippen LogP contribution is -2.22. The Bertz CT molecular complexity index is 544. The standard InChI is InChI=1S/C13H12BrClINO/c1-2-17-13(11-5-6-12(14)18-11)9-7-8(15)3-4-10(9)16/h3-7,13,17H,2H2,1H3. The minimum Gasteiger partial charge on any atom is -0.452 e. The Kier molecular flexibility index (Phi) is 5.12. The zero-order chi connectivity index (χ0) is 13.1. The summed E-state index contributed by atoms with van der Waals surface area (Å²) in [4.78, 5) is 0. The maximum atomic E-state index is 6.08. The third-order valence-electron chi connectivity index (χ3n) is 2.56. The summed E-state index contributed by atoms with van der Waals surface area (Å²) in [6, 6.07) is 9.78. The fourth-order valence-electron chi connectivity index (χ4n) is 1.79. The number of nitrogens with one attached hydrogen (secondary N) is 1. The van der Waals surface area contributed by atoms with Crippen molar-refractivity contribution < 1.29 is 4.42 Å². The van der Waals surface area contributed by atoms with Crippen LogP contribution in [0.1, 0.15) is 24.3 Å². The molecule has 1 unspecified atom stereocenters. The summed E-state index contributed by atoms with van der Waals surface area (Å²) in [5.74, 6) is 0.879. The highest BCUT2D eigenvalue weighted by Gasteiger charge is 2.19. The smallest absolute Gasteiger partial charge is 0.169 e. The van der Waals surface area contributed by atoms with Crippen LogP contribution < -0.4 is 5.32 Å². The van der Waals surface area contributed by atoms with Crippen molar-refractivity contribution in [3.05, 3.63) is 54.9 Å². The van der Waals surface area contributed by atoms with Gasteiger partial charge in [-0.1, -0.05) is 18.5 Å². The van der Waals surface area contributed by atoms with E-state index in [1.54, 1.807) is 0 Å². The molecule has 0 amide bonds. The highest BCUT2D eigenvalue weighted by Crippen LogP contribution is 2.30. The highest BCUT2D eigenvalue weighted by molar-refractivity contribution is 14.1. The average Bonchev–Trinajstić information content (AvgIpc) is 2.76. The van der Waals surface area contributed by atoms with Crippen LogP contribution in [0.3, 0.4) is 0 Å². The summed E-state index contributed by atoms with van der Waals surface area (Å²) < 4.78 is 7.55. The molecule has 1 atom stereocenters. The molecule has 0 spiro atoms. The molecule has 96 valence electrons. The van der Waals surface area contributed by atoms with E-state index in [1.165, 1.54) is 0 Å². The molecule has 0 saturated heterocycles. The van der Waals surface area contributed by atoms with Crippen LogP contribution in [0, 0.1) is 3.57 Å². The van der Waals surface area contributed by atoms with E-state index in [4.69, 9.17) is 16.0 Å². The fourth-order valence-corrected chi connectivity index (χ4v) is 2.93. The van der Waals surface area contributed by atoms with Crippen molar-refractivity contribution >= 4 is 50.1 Å². The van der Waals surface area contributed by atoms with Gasteiger partial charge in [-0.05, 0) is 81.0 Å². The average molecular weight is 441 g/mol. The van der Waals surface area contributed by atoms with Gasteiger partial charge in [0.1, 0.15) is 5.76 Å². The number of benzene rings is 1. The number of hydrogen-bond donors (Lipinski definition) is 1. The molecule has 0 aliphatic heterocycles. The number of furan rings is 1. The summed E-state index contributed by atoms with van der Waals surface area (Å²) in [5, 5.41) is 4.15. The Balaban J connectivity index is 2.44. The third-order valence-corrected chi connectivity index (χ3v) is 4.20. The first kappa shape index (κ1) is 14.4. The zero-order valence-electron chi connectivity index (χ0n) is 9.71. The lowest BCUT2D eigenvalue weighted by molar-refractivity contribution is 0.437. The van der Waals surface area contributed by atoms with Crippen molar-refractivity contribution in [2.24, 2.45) is 0 Å². The second-order valence-electron chi connectivity index (χ2n) is 3.80. The summed E-state index contributed by atoms with van der Waals surface area (Å²) in [6.45, 7) is 2.92. The maximum absolute atomic E-state index is 6.08. The number of hydrogen-bond acceptors (Lipinski definition) is 2. The van der Waals surface area contributed by atoms with Crippen molar-refractivity contribution in [1.82, 2.24) is 5.32 Å². The Morgan fingerprint density at radius 2 is 2.17 bits per heavy atom. The third kappa shape index (κ3) is 3.29. The lowest BCUT2D eigenvalue weighted by Gasteiger charge is -2.17. The number of halogens is 3. The molecule has 1 aromatic carbocycles. The van der Waals surface area contributed by atoms with E-state index in [2.05, 4.69) is 50.8 Å². The van der Waals surface area contributed by atoms with E-state index in [0.717, 1.165) is 31.1 Å². The van der Waals surface area contributed by atoms with Crippen molar-refractivity contribution in [2.45, 2.75) is 13.0 Å². The highest BCUT2D eigenvalue weighted by atomic mass is 127. The molecule has 5 heteroatoms. The first-order valence-electron chi connectivity index (χ1n) is 5.55. The second kappa shape index (κ2) is 6.41. The summed E-state index contributed by atoms with van der Waals surface area (Å²) >= 11 is 11.7. The van der Waals surface area contributed by atoms with Crippen LogP contribution in [0.25, 0.3) is 0 Å². The van der Waals surface area contributed by atoms with Gasteiger partial charge in [-0.3, -0.25) is 0 Å². The van der Waals surface area contributed by atoms with Gasteiger partial charge in [-0.2, -0.15) is 0 Å². The van der Waals surface area contributed by atoms with Gasteiger partial charge in [0.2, 0.25) is 0 Å². The lowest BCUT2D eigenvalue weighted by atomic mass is 10.0. The minimum atomic E-state index is 0.0203. The van der Waals surface area contributed by atoms with E-state index in [1.807, 2.05) is 30.3 Å². The maximum Gasteiger partial charge on any atom is 0.169 e. The molecule has 0 radical (unpaired) electrons. The van der Waals surface area contributed by atoms with Gasteiger partial charge in [-0.25, -0.2) is 0 Å². The van der Waals surface area contributed by atoms with Crippen molar-refractivity contribution in [3.8, 4) is 0 Å².